The molecule has 2 rings (SSSR count). The molecule has 0 N–H and O–H groups in total. The van der Waals surface area contributed by atoms with E-state index < -0.39 is 0 Å². The van der Waals surface area contributed by atoms with Gasteiger partial charge in [0.1, 0.15) is 5.82 Å². The van der Waals surface area contributed by atoms with Crippen LogP contribution in [-0.2, 0) is 18.3 Å². The molecule has 0 aliphatic rings. The monoisotopic (exact) mass is 431 g/mol. The van der Waals surface area contributed by atoms with Crippen molar-refractivity contribution in [3.05, 3.63) is 83.3 Å². The first-order valence-electron chi connectivity index (χ1n) is 11.3. The summed E-state index contributed by atoms with van der Waals surface area (Å²) < 4.78 is 13.6. The standard InChI is InChI=1S/C28H36FN.C2H2/c1-7-10-12-13-15-23-25(16-11-8-2)30-27(21-17-19-22(29)20-18-21)24(14-9-3)26(23)28(4,5)6;1-2/h7-9,11,14,17-20H,1,10,12-13,15-16H2,2-6H3;1-2H/b11-8-,14-9+;. The SMILES string of the molecule is C#C.C=CCCCCc1c(C/C=C\C)nc(-c2ccc(F)cc2)c(/C=C/C)c1C(C)(C)C. The third-order valence-electron chi connectivity index (χ3n) is 5.25. The van der Waals surface area contributed by atoms with Crippen molar-refractivity contribution >= 4 is 6.08 Å². The molecule has 0 saturated heterocycles. The molecule has 0 unspecified atom stereocenters. The molecular weight excluding hydrogens is 393 g/mol. The first kappa shape index (κ1) is 27.1. The van der Waals surface area contributed by atoms with Crippen LogP contribution in [0.3, 0.4) is 0 Å². The number of rotatable bonds is 9. The zero-order valence-electron chi connectivity index (χ0n) is 20.4. The van der Waals surface area contributed by atoms with Gasteiger partial charge in [0.15, 0.2) is 0 Å². The summed E-state index contributed by atoms with van der Waals surface area (Å²) >= 11 is 0. The van der Waals surface area contributed by atoms with Gasteiger partial charge >= 0.3 is 0 Å². The first-order valence-corrected chi connectivity index (χ1v) is 11.3. The molecule has 170 valence electrons. The lowest BCUT2D eigenvalue weighted by Crippen LogP contribution is -2.20. The fourth-order valence-electron chi connectivity index (χ4n) is 3.96. The van der Waals surface area contributed by atoms with E-state index in [0.29, 0.717) is 0 Å². The quantitative estimate of drug-likeness (QED) is 0.220. The number of halogens is 1. The summed E-state index contributed by atoms with van der Waals surface area (Å²) in [6.45, 7) is 14.8. The van der Waals surface area contributed by atoms with E-state index in [1.54, 1.807) is 0 Å². The lowest BCUT2D eigenvalue weighted by atomic mass is 9.77. The summed E-state index contributed by atoms with van der Waals surface area (Å²) in [6.07, 6.45) is 23.6. The van der Waals surface area contributed by atoms with Crippen LogP contribution < -0.4 is 0 Å². The number of terminal acetylenes is 1. The minimum absolute atomic E-state index is 0.0367. The Kier molecular flexibility index (Phi) is 11.4. The fraction of sp³-hybridized carbons (Fsp3) is 0.367. The molecule has 0 aliphatic heterocycles. The molecule has 1 nitrogen and oxygen atoms in total. The second-order valence-corrected chi connectivity index (χ2v) is 8.74. The maximum atomic E-state index is 13.6. The Balaban J connectivity index is 0.00000249. The number of pyridine rings is 1. The lowest BCUT2D eigenvalue weighted by Gasteiger charge is -2.29. The van der Waals surface area contributed by atoms with E-state index in [-0.39, 0.29) is 11.2 Å². The highest BCUT2D eigenvalue weighted by molar-refractivity contribution is 5.76. The largest absolute Gasteiger partial charge is 0.252 e. The van der Waals surface area contributed by atoms with Crippen molar-refractivity contribution in [1.29, 1.82) is 0 Å². The van der Waals surface area contributed by atoms with E-state index in [4.69, 9.17) is 4.98 Å². The van der Waals surface area contributed by atoms with Crippen molar-refractivity contribution in [3.63, 3.8) is 0 Å². The van der Waals surface area contributed by atoms with Crippen molar-refractivity contribution < 1.29 is 4.39 Å². The molecule has 0 aliphatic carbocycles. The number of benzene rings is 1. The third-order valence-corrected chi connectivity index (χ3v) is 5.25. The Morgan fingerprint density at radius 1 is 1.03 bits per heavy atom. The Morgan fingerprint density at radius 3 is 2.22 bits per heavy atom. The molecule has 0 amide bonds. The van der Waals surface area contributed by atoms with Gasteiger partial charge < -0.3 is 0 Å². The molecule has 2 heteroatoms. The van der Waals surface area contributed by atoms with E-state index in [2.05, 4.69) is 64.5 Å². The average Bonchev–Trinajstić information content (AvgIpc) is 2.77. The van der Waals surface area contributed by atoms with Gasteiger partial charge in [-0.15, -0.1) is 19.4 Å². The van der Waals surface area contributed by atoms with Crippen LogP contribution in [0.5, 0.6) is 0 Å². The summed E-state index contributed by atoms with van der Waals surface area (Å²) in [6, 6.07) is 6.70. The molecular formula is C30H38FN. The van der Waals surface area contributed by atoms with Crippen LogP contribution in [0.25, 0.3) is 17.3 Å². The van der Waals surface area contributed by atoms with Crippen LogP contribution in [0.1, 0.15) is 76.3 Å². The van der Waals surface area contributed by atoms with Gasteiger partial charge in [0.25, 0.3) is 0 Å². The summed E-state index contributed by atoms with van der Waals surface area (Å²) in [5, 5.41) is 0. The minimum Gasteiger partial charge on any atom is -0.252 e. The second kappa shape index (κ2) is 13.5. The molecule has 1 heterocycles. The normalized spacial score (nSPS) is 11.5. The lowest BCUT2D eigenvalue weighted by molar-refractivity contribution is 0.574. The maximum absolute atomic E-state index is 13.6. The van der Waals surface area contributed by atoms with E-state index in [9.17, 15) is 4.39 Å². The highest BCUT2D eigenvalue weighted by Crippen LogP contribution is 2.38. The van der Waals surface area contributed by atoms with Crippen LogP contribution >= 0.6 is 0 Å². The predicted octanol–water partition coefficient (Wildman–Crippen LogP) is 8.49. The van der Waals surface area contributed by atoms with Crippen LogP contribution in [0.15, 0.2) is 55.1 Å². The Labute approximate surface area is 195 Å². The maximum Gasteiger partial charge on any atom is 0.123 e. The predicted molar refractivity (Wildman–Crippen MR) is 139 cm³/mol. The number of hydrogen-bond acceptors (Lipinski definition) is 1. The molecule has 1 aromatic carbocycles. The van der Waals surface area contributed by atoms with Gasteiger partial charge in [0, 0.05) is 23.2 Å². The molecule has 32 heavy (non-hydrogen) atoms. The fourth-order valence-corrected chi connectivity index (χ4v) is 3.96. The molecule has 0 bridgehead atoms. The Bertz CT molecular complexity index is 938. The number of nitrogens with zero attached hydrogens (tertiary/aromatic N) is 1. The zero-order valence-corrected chi connectivity index (χ0v) is 20.4. The number of hydrogen-bond donors (Lipinski definition) is 0. The molecule has 0 saturated carbocycles. The molecule has 0 spiro atoms. The molecule has 1 aromatic heterocycles. The van der Waals surface area contributed by atoms with Crippen molar-refractivity contribution in [1.82, 2.24) is 4.98 Å². The van der Waals surface area contributed by atoms with Crippen LogP contribution in [0, 0.1) is 18.7 Å². The smallest absolute Gasteiger partial charge is 0.123 e. The van der Waals surface area contributed by atoms with Crippen molar-refractivity contribution in [3.8, 4) is 24.1 Å². The minimum atomic E-state index is -0.227. The highest BCUT2D eigenvalue weighted by atomic mass is 19.1. The van der Waals surface area contributed by atoms with E-state index in [0.717, 1.165) is 54.6 Å². The highest BCUT2D eigenvalue weighted by Gasteiger charge is 2.26. The summed E-state index contributed by atoms with van der Waals surface area (Å²) in [5.74, 6) is -0.227. The van der Waals surface area contributed by atoms with Gasteiger partial charge in [-0.1, -0.05) is 51.2 Å². The summed E-state index contributed by atoms with van der Waals surface area (Å²) in [4.78, 5) is 5.16. The summed E-state index contributed by atoms with van der Waals surface area (Å²) in [5.41, 5.74) is 6.85. The molecule has 0 atom stereocenters. The number of aromatic nitrogens is 1. The van der Waals surface area contributed by atoms with Gasteiger partial charge in [-0.3, -0.25) is 4.98 Å². The summed E-state index contributed by atoms with van der Waals surface area (Å²) in [7, 11) is 0. The number of allylic oxidation sites excluding steroid dienone is 4. The molecule has 0 radical (unpaired) electrons. The van der Waals surface area contributed by atoms with Gasteiger partial charge in [0.2, 0.25) is 0 Å². The van der Waals surface area contributed by atoms with Crippen molar-refractivity contribution in [2.75, 3.05) is 0 Å². The van der Waals surface area contributed by atoms with Gasteiger partial charge in [0.05, 0.1) is 5.69 Å². The van der Waals surface area contributed by atoms with Gasteiger partial charge in [-0.2, -0.15) is 0 Å². The van der Waals surface area contributed by atoms with Gasteiger partial charge in [-0.05, 0) is 80.3 Å². The first-order chi connectivity index (χ1) is 15.3. The third kappa shape index (κ3) is 7.34. The van der Waals surface area contributed by atoms with E-state index in [1.807, 2.05) is 32.1 Å². The molecule has 0 fully saturated rings. The Hall–Kier alpha value is -2.92. The number of unbranched alkanes of at least 4 members (excludes halogenated alkanes) is 2. The van der Waals surface area contributed by atoms with E-state index >= 15 is 0 Å². The van der Waals surface area contributed by atoms with Crippen LogP contribution in [0.4, 0.5) is 4.39 Å². The van der Waals surface area contributed by atoms with E-state index in [1.165, 1.54) is 23.3 Å². The van der Waals surface area contributed by atoms with Crippen LogP contribution in [-0.4, -0.2) is 4.98 Å². The zero-order chi connectivity index (χ0) is 24.1. The van der Waals surface area contributed by atoms with Crippen LogP contribution in [0.2, 0.25) is 0 Å². The topological polar surface area (TPSA) is 12.9 Å². The molecule has 2 aromatic rings. The van der Waals surface area contributed by atoms with Crippen molar-refractivity contribution in [2.24, 2.45) is 0 Å². The second-order valence-electron chi connectivity index (χ2n) is 8.74. The average molecular weight is 432 g/mol. The van der Waals surface area contributed by atoms with Crippen molar-refractivity contribution in [2.45, 2.75) is 72.1 Å². The van der Waals surface area contributed by atoms with Gasteiger partial charge in [-0.25, -0.2) is 4.39 Å². The Morgan fingerprint density at radius 2 is 1.69 bits per heavy atom.